The van der Waals surface area contributed by atoms with E-state index < -0.39 is 5.97 Å². The molecular formula is C11H16N2O2. The Labute approximate surface area is 89.2 Å². The number of allylic oxidation sites excluding steroid dienone is 1. The highest BCUT2D eigenvalue weighted by atomic mass is 16.4. The van der Waals surface area contributed by atoms with Crippen LogP contribution in [0.3, 0.4) is 0 Å². The molecule has 0 radical (unpaired) electrons. The number of aromatic nitrogens is 2. The van der Waals surface area contributed by atoms with Crippen LogP contribution in [0.15, 0.2) is 24.9 Å². The fraction of sp³-hybridized carbons (Fsp3) is 0.455. The maximum absolute atomic E-state index is 10.5. The first-order chi connectivity index (χ1) is 7.24. The third-order valence-electron chi connectivity index (χ3n) is 2.16. The minimum atomic E-state index is -0.972. The molecule has 0 unspecified atom stereocenters. The second-order valence-corrected chi connectivity index (χ2v) is 3.41. The van der Waals surface area contributed by atoms with Gasteiger partial charge in [-0.15, -0.1) is 6.58 Å². The lowest BCUT2D eigenvalue weighted by Gasteiger charge is -2.00. The van der Waals surface area contributed by atoms with Gasteiger partial charge in [-0.3, -0.25) is 4.68 Å². The molecule has 0 saturated carbocycles. The molecule has 0 aliphatic heterocycles. The Morgan fingerprint density at radius 2 is 2.33 bits per heavy atom. The molecule has 1 N–H and O–H groups in total. The summed E-state index contributed by atoms with van der Waals surface area (Å²) in [5, 5.41) is 12.6. The molecule has 1 aromatic heterocycles. The van der Waals surface area contributed by atoms with Crippen molar-refractivity contribution >= 4 is 5.97 Å². The number of aryl methyl sites for hydroxylation is 1. The van der Waals surface area contributed by atoms with Crippen LogP contribution in [-0.2, 0) is 6.54 Å². The molecule has 0 aliphatic rings. The molecule has 0 amide bonds. The zero-order valence-electron chi connectivity index (χ0n) is 8.72. The van der Waals surface area contributed by atoms with Crippen LogP contribution in [0.25, 0.3) is 0 Å². The van der Waals surface area contributed by atoms with E-state index in [2.05, 4.69) is 11.7 Å². The highest BCUT2D eigenvalue weighted by molar-refractivity contribution is 5.84. The lowest BCUT2D eigenvalue weighted by molar-refractivity contribution is 0.0689. The highest BCUT2D eigenvalue weighted by Gasteiger charge is 2.05. The molecule has 0 atom stereocenters. The number of unbranched alkanes of at least 4 members (excludes halogenated alkanes) is 3. The van der Waals surface area contributed by atoms with Crippen LogP contribution >= 0.6 is 0 Å². The molecule has 1 aromatic rings. The van der Waals surface area contributed by atoms with E-state index in [9.17, 15) is 4.79 Å². The number of rotatable bonds is 7. The van der Waals surface area contributed by atoms with Gasteiger partial charge in [0.25, 0.3) is 0 Å². The average Bonchev–Trinajstić information content (AvgIpc) is 2.66. The lowest BCUT2D eigenvalue weighted by atomic mass is 10.2. The zero-order chi connectivity index (χ0) is 11.1. The first kappa shape index (κ1) is 11.5. The number of carboxylic acid groups (broad SMARTS) is 1. The van der Waals surface area contributed by atoms with Crippen molar-refractivity contribution < 1.29 is 9.90 Å². The Morgan fingerprint density at radius 3 is 2.93 bits per heavy atom. The summed E-state index contributed by atoms with van der Waals surface area (Å²) in [6.07, 6.45) is 7.94. The van der Waals surface area contributed by atoms with E-state index in [1.54, 1.807) is 10.9 Å². The SMILES string of the molecule is C=CCCCCCn1ccc(C(=O)O)n1. The van der Waals surface area contributed by atoms with Gasteiger partial charge in [-0.1, -0.05) is 12.5 Å². The fourth-order valence-corrected chi connectivity index (χ4v) is 1.34. The number of nitrogens with zero attached hydrogens (tertiary/aromatic N) is 2. The maximum Gasteiger partial charge on any atom is 0.356 e. The predicted octanol–water partition coefficient (Wildman–Crippen LogP) is 2.33. The van der Waals surface area contributed by atoms with Crippen molar-refractivity contribution in [1.82, 2.24) is 9.78 Å². The maximum atomic E-state index is 10.5. The number of hydrogen-bond acceptors (Lipinski definition) is 2. The summed E-state index contributed by atoms with van der Waals surface area (Å²) in [5.74, 6) is -0.972. The van der Waals surface area contributed by atoms with Crippen LogP contribution in [0.5, 0.6) is 0 Å². The average molecular weight is 208 g/mol. The molecule has 0 aromatic carbocycles. The number of carbonyl (C=O) groups is 1. The smallest absolute Gasteiger partial charge is 0.356 e. The van der Waals surface area contributed by atoms with Gasteiger partial charge in [-0.05, 0) is 25.3 Å². The van der Waals surface area contributed by atoms with Gasteiger partial charge in [0, 0.05) is 12.7 Å². The van der Waals surface area contributed by atoms with E-state index >= 15 is 0 Å². The van der Waals surface area contributed by atoms with Crippen molar-refractivity contribution in [3.05, 3.63) is 30.6 Å². The zero-order valence-corrected chi connectivity index (χ0v) is 8.72. The molecule has 0 fully saturated rings. The van der Waals surface area contributed by atoms with E-state index in [-0.39, 0.29) is 5.69 Å². The van der Waals surface area contributed by atoms with E-state index in [0.29, 0.717) is 0 Å². The largest absolute Gasteiger partial charge is 0.476 e. The molecular weight excluding hydrogens is 192 g/mol. The summed E-state index contributed by atoms with van der Waals surface area (Å²) in [7, 11) is 0. The summed E-state index contributed by atoms with van der Waals surface area (Å²) < 4.78 is 1.68. The predicted molar refractivity (Wildman–Crippen MR) is 57.9 cm³/mol. The molecule has 0 saturated heterocycles. The summed E-state index contributed by atoms with van der Waals surface area (Å²) in [4.78, 5) is 10.5. The standard InChI is InChI=1S/C11H16N2O2/c1-2-3-4-5-6-8-13-9-7-10(12-13)11(14)15/h2,7,9H,1,3-6,8H2,(H,14,15). The van der Waals surface area contributed by atoms with Gasteiger partial charge in [-0.25, -0.2) is 4.79 Å². The van der Waals surface area contributed by atoms with Crippen molar-refractivity contribution in [2.24, 2.45) is 0 Å². The van der Waals surface area contributed by atoms with Crippen LogP contribution in [0.2, 0.25) is 0 Å². The second kappa shape index (κ2) is 6.01. The molecule has 82 valence electrons. The summed E-state index contributed by atoms with van der Waals surface area (Å²) in [6.45, 7) is 4.44. The first-order valence-electron chi connectivity index (χ1n) is 5.11. The normalized spacial score (nSPS) is 10.1. The van der Waals surface area contributed by atoms with Crippen LogP contribution in [0, 0.1) is 0 Å². The molecule has 4 heteroatoms. The monoisotopic (exact) mass is 208 g/mol. The fourth-order valence-electron chi connectivity index (χ4n) is 1.34. The van der Waals surface area contributed by atoms with Gasteiger partial charge in [0.05, 0.1) is 0 Å². The molecule has 4 nitrogen and oxygen atoms in total. The number of carboxylic acids is 1. The second-order valence-electron chi connectivity index (χ2n) is 3.41. The van der Waals surface area contributed by atoms with Crippen LogP contribution in [0.1, 0.15) is 36.2 Å². The Balaban J connectivity index is 2.25. The minimum Gasteiger partial charge on any atom is -0.476 e. The number of hydrogen-bond donors (Lipinski definition) is 1. The quantitative estimate of drug-likeness (QED) is 0.552. The molecule has 1 rings (SSSR count). The van der Waals surface area contributed by atoms with Crippen molar-refractivity contribution in [3.8, 4) is 0 Å². The molecule has 0 aliphatic carbocycles. The van der Waals surface area contributed by atoms with Gasteiger partial charge in [0.1, 0.15) is 0 Å². The summed E-state index contributed by atoms with van der Waals surface area (Å²) in [5.41, 5.74) is 0.112. The molecule has 15 heavy (non-hydrogen) atoms. The van der Waals surface area contributed by atoms with E-state index in [1.165, 1.54) is 6.07 Å². The van der Waals surface area contributed by atoms with Crippen molar-refractivity contribution in [3.63, 3.8) is 0 Å². The van der Waals surface area contributed by atoms with E-state index in [1.807, 2.05) is 6.08 Å². The van der Waals surface area contributed by atoms with Crippen LogP contribution < -0.4 is 0 Å². The van der Waals surface area contributed by atoms with Gasteiger partial charge in [0.2, 0.25) is 0 Å². The Kier molecular flexibility index (Phi) is 4.60. The Bertz CT molecular complexity index is 331. The van der Waals surface area contributed by atoms with Gasteiger partial charge >= 0.3 is 5.97 Å². The van der Waals surface area contributed by atoms with Crippen molar-refractivity contribution in [2.75, 3.05) is 0 Å². The van der Waals surface area contributed by atoms with Gasteiger partial charge in [-0.2, -0.15) is 5.10 Å². The molecule has 0 spiro atoms. The summed E-state index contributed by atoms with van der Waals surface area (Å²) >= 11 is 0. The molecule has 1 heterocycles. The van der Waals surface area contributed by atoms with Crippen molar-refractivity contribution in [2.45, 2.75) is 32.2 Å². The first-order valence-corrected chi connectivity index (χ1v) is 5.11. The third-order valence-corrected chi connectivity index (χ3v) is 2.16. The Hall–Kier alpha value is -1.58. The van der Waals surface area contributed by atoms with Crippen LogP contribution in [-0.4, -0.2) is 20.9 Å². The third kappa shape index (κ3) is 3.97. The van der Waals surface area contributed by atoms with Crippen molar-refractivity contribution in [1.29, 1.82) is 0 Å². The highest BCUT2D eigenvalue weighted by Crippen LogP contribution is 2.03. The Morgan fingerprint density at radius 1 is 1.53 bits per heavy atom. The van der Waals surface area contributed by atoms with E-state index in [4.69, 9.17) is 5.11 Å². The van der Waals surface area contributed by atoms with Gasteiger partial charge < -0.3 is 5.11 Å². The minimum absolute atomic E-state index is 0.112. The lowest BCUT2D eigenvalue weighted by Crippen LogP contribution is -2.02. The number of aromatic carboxylic acids is 1. The van der Waals surface area contributed by atoms with Crippen LogP contribution in [0.4, 0.5) is 0 Å². The molecule has 0 bridgehead atoms. The summed E-state index contributed by atoms with van der Waals surface area (Å²) in [6, 6.07) is 1.52. The van der Waals surface area contributed by atoms with Gasteiger partial charge in [0.15, 0.2) is 5.69 Å². The topological polar surface area (TPSA) is 55.1 Å². The van der Waals surface area contributed by atoms with E-state index in [0.717, 1.165) is 32.2 Å².